The molecular weight excluding hydrogens is 290 g/mol. The molecule has 0 radical (unpaired) electrons. The van der Waals surface area contributed by atoms with Gasteiger partial charge in [-0.3, -0.25) is 4.90 Å². The fourth-order valence-electron chi connectivity index (χ4n) is 3.13. The third kappa shape index (κ3) is 3.74. The number of hydrogen-bond donors (Lipinski definition) is 1. The number of carboxylic acids is 1. The van der Waals surface area contributed by atoms with E-state index in [2.05, 4.69) is 14.9 Å². The zero-order chi connectivity index (χ0) is 16.4. The molecular formula is C18H21N3O2. The Morgan fingerprint density at radius 2 is 1.87 bits per heavy atom. The minimum absolute atomic E-state index is 0.330. The van der Waals surface area contributed by atoms with Gasteiger partial charge in [-0.1, -0.05) is 12.1 Å². The Bertz CT molecular complexity index is 692. The summed E-state index contributed by atoms with van der Waals surface area (Å²) in [7, 11) is 0. The standard InChI is InChI=1S/C18H21N3O2/c1-12-9-13(2)20-17(19-12)16-7-8-21(11-16)10-14-3-5-15(6-4-14)18(22)23/h3-6,9,16H,7-8,10-11H2,1-2H3,(H,22,23)/t16-/m0/s1. The number of benzene rings is 1. The quantitative estimate of drug-likeness (QED) is 0.940. The van der Waals surface area contributed by atoms with Crippen molar-refractivity contribution in [1.82, 2.24) is 14.9 Å². The number of carbonyl (C=O) groups is 1. The van der Waals surface area contributed by atoms with E-state index in [0.29, 0.717) is 11.5 Å². The first kappa shape index (κ1) is 15.6. The topological polar surface area (TPSA) is 66.3 Å². The molecule has 0 saturated carbocycles. The minimum Gasteiger partial charge on any atom is -0.478 e. The zero-order valence-corrected chi connectivity index (χ0v) is 13.5. The first-order valence-electron chi connectivity index (χ1n) is 7.88. The number of aryl methyl sites for hydroxylation is 2. The van der Waals surface area contributed by atoms with Crippen molar-refractivity contribution in [1.29, 1.82) is 0 Å². The molecule has 3 rings (SSSR count). The van der Waals surface area contributed by atoms with E-state index in [1.54, 1.807) is 12.1 Å². The molecule has 1 N–H and O–H groups in total. The Labute approximate surface area is 136 Å². The molecule has 0 unspecified atom stereocenters. The first-order valence-corrected chi connectivity index (χ1v) is 7.88. The summed E-state index contributed by atoms with van der Waals surface area (Å²) in [6.07, 6.45) is 1.07. The largest absolute Gasteiger partial charge is 0.478 e. The summed E-state index contributed by atoms with van der Waals surface area (Å²) in [6.45, 7) is 6.82. The molecule has 0 bridgehead atoms. The highest BCUT2D eigenvalue weighted by atomic mass is 16.4. The van der Waals surface area contributed by atoms with Crippen molar-refractivity contribution in [2.24, 2.45) is 0 Å². The Kier molecular flexibility index (Phi) is 4.39. The summed E-state index contributed by atoms with van der Waals surface area (Å²) in [6, 6.07) is 9.12. The van der Waals surface area contributed by atoms with E-state index in [0.717, 1.165) is 48.8 Å². The van der Waals surface area contributed by atoms with Crippen LogP contribution in [0.3, 0.4) is 0 Å². The summed E-state index contributed by atoms with van der Waals surface area (Å²) in [5.74, 6) is 0.447. The Morgan fingerprint density at radius 1 is 1.22 bits per heavy atom. The van der Waals surface area contributed by atoms with Gasteiger partial charge in [0.1, 0.15) is 5.82 Å². The predicted octanol–water partition coefficient (Wildman–Crippen LogP) is 2.78. The second-order valence-corrected chi connectivity index (χ2v) is 6.23. The van der Waals surface area contributed by atoms with Crippen molar-refractivity contribution in [2.45, 2.75) is 32.7 Å². The molecule has 0 spiro atoms. The molecule has 5 heteroatoms. The summed E-state index contributed by atoms with van der Waals surface area (Å²) >= 11 is 0. The van der Waals surface area contributed by atoms with Crippen molar-refractivity contribution in [3.05, 3.63) is 58.7 Å². The smallest absolute Gasteiger partial charge is 0.335 e. The molecule has 1 aliphatic heterocycles. The molecule has 2 heterocycles. The van der Waals surface area contributed by atoms with Crippen LogP contribution in [0.4, 0.5) is 0 Å². The second kappa shape index (κ2) is 6.46. The summed E-state index contributed by atoms with van der Waals surface area (Å²) in [4.78, 5) is 22.4. The molecule has 0 aliphatic carbocycles. The molecule has 1 fully saturated rings. The van der Waals surface area contributed by atoms with Crippen LogP contribution in [0.5, 0.6) is 0 Å². The second-order valence-electron chi connectivity index (χ2n) is 6.23. The number of rotatable bonds is 4. The number of likely N-dealkylation sites (tertiary alicyclic amines) is 1. The molecule has 1 aliphatic rings. The van der Waals surface area contributed by atoms with Gasteiger partial charge in [-0.05, 0) is 50.6 Å². The zero-order valence-electron chi connectivity index (χ0n) is 13.5. The van der Waals surface area contributed by atoms with Crippen LogP contribution in [0, 0.1) is 13.8 Å². The number of hydrogen-bond acceptors (Lipinski definition) is 4. The van der Waals surface area contributed by atoms with Gasteiger partial charge in [-0.15, -0.1) is 0 Å². The molecule has 1 aromatic heterocycles. The van der Waals surface area contributed by atoms with Crippen molar-refractivity contribution < 1.29 is 9.90 Å². The van der Waals surface area contributed by atoms with Crippen LogP contribution in [0.1, 0.15) is 45.5 Å². The van der Waals surface area contributed by atoms with E-state index in [9.17, 15) is 4.79 Å². The van der Waals surface area contributed by atoms with Crippen molar-refractivity contribution in [3.63, 3.8) is 0 Å². The summed E-state index contributed by atoms with van der Waals surface area (Å²) < 4.78 is 0. The van der Waals surface area contributed by atoms with Crippen LogP contribution in [0.2, 0.25) is 0 Å². The maximum Gasteiger partial charge on any atom is 0.335 e. The average Bonchev–Trinajstić information content (AvgIpc) is 2.95. The van der Waals surface area contributed by atoms with Crippen LogP contribution in [-0.2, 0) is 6.54 Å². The lowest BCUT2D eigenvalue weighted by Gasteiger charge is -2.16. The van der Waals surface area contributed by atoms with Crippen LogP contribution in [0.25, 0.3) is 0 Å². The Hall–Kier alpha value is -2.27. The van der Waals surface area contributed by atoms with Gasteiger partial charge in [0.2, 0.25) is 0 Å². The van der Waals surface area contributed by atoms with Crippen molar-refractivity contribution in [3.8, 4) is 0 Å². The maximum absolute atomic E-state index is 10.9. The number of aromatic carboxylic acids is 1. The molecule has 1 aromatic carbocycles. The van der Waals surface area contributed by atoms with Gasteiger partial charge in [0.05, 0.1) is 5.56 Å². The van der Waals surface area contributed by atoms with E-state index >= 15 is 0 Å². The summed E-state index contributed by atoms with van der Waals surface area (Å²) in [5, 5.41) is 8.94. The molecule has 23 heavy (non-hydrogen) atoms. The molecule has 0 amide bonds. The minimum atomic E-state index is -0.884. The molecule has 1 atom stereocenters. The first-order chi connectivity index (χ1) is 11.0. The highest BCUT2D eigenvalue weighted by molar-refractivity contribution is 5.87. The molecule has 1 saturated heterocycles. The number of aromatic nitrogens is 2. The highest BCUT2D eigenvalue weighted by Crippen LogP contribution is 2.26. The van der Waals surface area contributed by atoms with Crippen molar-refractivity contribution in [2.75, 3.05) is 13.1 Å². The van der Waals surface area contributed by atoms with Crippen molar-refractivity contribution >= 4 is 5.97 Å². The van der Waals surface area contributed by atoms with Gasteiger partial charge < -0.3 is 5.11 Å². The molecule has 5 nitrogen and oxygen atoms in total. The molecule has 2 aromatic rings. The van der Waals surface area contributed by atoms with Crippen LogP contribution in [0.15, 0.2) is 30.3 Å². The van der Waals surface area contributed by atoms with E-state index < -0.39 is 5.97 Å². The average molecular weight is 311 g/mol. The Morgan fingerprint density at radius 3 is 2.48 bits per heavy atom. The SMILES string of the molecule is Cc1cc(C)nc([C@H]2CCN(Cc3ccc(C(=O)O)cc3)C2)n1. The van der Waals surface area contributed by atoms with E-state index in [1.165, 1.54) is 0 Å². The fourth-order valence-corrected chi connectivity index (χ4v) is 3.13. The summed E-state index contributed by atoms with van der Waals surface area (Å²) in [5.41, 5.74) is 3.51. The van der Waals surface area contributed by atoms with Gasteiger partial charge in [0, 0.05) is 30.4 Å². The maximum atomic E-state index is 10.9. The van der Waals surface area contributed by atoms with E-state index in [-0.39, 0.29) is 0 Å². The lowest BCUT2D eigenvalue weighted by atomic mass is 10.1. The van der Waals surface area contributed by atoms with Crippen LogP contribution in [-0.4, -0.2) is 39.0 Å². The lowest BCUT2D eigenvalue weighted by molar-refractivity contribution is 0.0697. The third-order valence-electron chi connectivity index (χ3n) is 4.24. The van der Waals surface area contributed by atoms with Gasteiger partial charge >= 0.3 is 5.97 Å². The van der Waals surface area contributed by atoms with E-state index in [1.807, 2.05) is 32.0 Å². The lowest BCUT2D eigenvalue weighted by Crippen LogP contribution is -2.20. The van der Waals surface area contributed by atoms with Gasteiger partial charge in [-0.25, -0.2) is 14.8 Å². The van der Waals surface area contributed by atoms with E-state index in [4.69, 9.17) is 5.11 Å². The predicted molar refractivity (Wildman–Crippen MR) is 87.5 cm³/mol. The monoisotopic (exact) mass is 311 g/mol. The fraction of sp³-hybridized carbons (Fsp3) is 0.389. The number of carboxylic acid groups (broad SMARTS) is 1. The third-order valence-corrected chi connectivity index (χ3v) is 4.24. The van der Waals surface area contributed by atoms with Gasteiger partial charge in [0.25, 0.3) is 0 Å². The highest BCUT2D eigenvalue weighted by Gasteiger charge is 2.26. The van der Waals surface area contributed by atoms with Crippen LogP contribution >= 0.6 is 0 Å². The number of nitrogens with zero attached hydrogens (tertiary/aromatic N) is 3. The van der Waals surface area contributed by atoms with Gasteiger partial charge in [-0.2, -0.15) is 0 Å². The Balaban J connectivity index is 1.64. The normalized spacial score (nSPS) is 18.3. The van der Waals surface area contributed by atoms with Gasteiger partial charge in [0.15, 0.2) is 0 Å². The molecule has 120 valence electrons. The van der Waals surface area contributed by atoms with Crippen LogP contribution < -0.4 is 0 Å².